The molecular formula is C17H22N4O3. The molecule has 1 aliphatic rings. The molecule has 24 heavy (non-hydrogen) atoms. The number of carbonyl (C=O) groups is 1. The van der Waals surface area contributed by atoms with E-state index >= 15 is 0 Å². The molecule has 1 saturated heterocycles. The van der Waals surface area contributed by atoms with Gasteiger partial charge in [0.25, 0.3) is 5.56 Å². The van der Waals surface area contributed by atoms with Crippen molar-refractivity contribution in [2.75, 3.05) is 32.8 Å². The third-order valence-electron chi connectivity index (χ3n) is 4.16. The van der Waals surface area contributed by atoms with Crippen molar-refractivity contribution < 1.29 is 9.53 Å². The molecule has 2 aromatic rings. The van der Waals surface area contributed by atoms with Gasteiger partial charge in [-0.05, 0) is 31.5 Å². The summed E-state index contributed by atoms with van der Waals surface area (Å²) in [4.78, 5) is 32.4. The lowest BCUT2D eigenvalue weighted by molar-refractivity contribution is 0.0775. The van der Waals surface area contributed by atoms with Crippen molar-refractivity contribution in [3.8, 4) is 0 Å². The van der Waals surface area contributed by atoms with E-state index in [-0.39, 0.29) is 11.7 Å². The Kier molecular flexibility index (Phi) is 4.80. The number of carbonyl (C=O) groups excluding carboxylic acids is 1. The molecule has 3 heterocycles. The van der Waals surface area contributed by atoms with Gasteiger partial charge in [-0.2, -0.15) is 0 Å². The minimum absolute atomic E-state index is 0.0693. The highest BCUT2D eigenvalue weighted by atomic mass is 16.6. The highest BCUT2D eigenvalue weighted by Crippen LogP contribution is 2.09. The van der Waals surface area contributed by atoms with Gasteiger partial charge in [0.2, 0.25) is 0 Å². The molecule has 0 spiro atoms. The monoisotopic (exact) mass is 330 g/mol. The van der Waals surface area contributed by atoms with Gasteiger partial charge in [-0.15, -0.1) is 0 Å². The molecule has 2 aromatic heterocycles. The fourth-order valence-corrected chi connectivity index (χ4v) is 2.87. The maximum absolute atomic E-state index is 12.2. The molecule has 0 unspecified atom stereocenters. The largest absolute Gasteiger partial charge is 0.450 e. The Hall–Kier alpha value is -2.41. The Morgan fingerprint density at radius 2 is 2.00 bits per heavy atom. The average Bonchev–Trinajstić information content (AvgIpc) is 2.55. The summed E-state index contributed by atoms with van der Waals surface area (Å²) in [6.45, 7) is 7.53. The number of piperazine rings is 1. The molecule has 7 heteroatoms. The van der Waals surface area contributed by atoms with Gasteiger partial charge in [-0.1, -0.05) is 0 Å². The Balaban J connectivity index is 1.68. The van der Waals surface area contributed by atoms with Gasteiger partial charge < -0.3 is 9.64 Å². The predicted molar refractivity (Wildman–Crippen MR) is 90.1 cm³/mol. The molecule has 1 fully saturated rings. The first-order valence-electron chi connectivity index (χ1n) is 8.20. The second kappa shape index (κ2) is 7.00. The van der Waals surface area contributed by atoms with E-state index in [1.807, 2.05) is 19.1 Å². The third-order valence-corrected chi connectivity index (χ3v) is 4.16. The van der Waals surface area contributed by atoms with Crippen LogP contribution in [0.3, 0.4) is 0 Å². The van der Waals surface area contributed by atoms with Gasteiger partial charge in [-0.3, -0.25) is 14.1 Å². The number of fused-ring (bicyclic) bond motifs is 1. The number of aromatic nitrogens is 2. The second-order valence-corrected chi connectivity index (χ2v) is 5.98. The van der Waals surface area contributed by atoms with E-state index in [9.17, 15) is 9.59 Å². The zero-order chi connectivity index (χ0) is 17.1. The molecule has 1 aliphatic heterocycles. The van der Waals surface area contributed by atoms with Crippen LogP contribution in [0.15, 0.2) is 29.2 Å². The van der Waals surface area contributed by atoms with E-state index in [4.69, 9.17) is 4.74 Å². The molecule has 1 amide bonds. The molecule has 0 bridgehead atoms. The number of ether oxygens (including phenoxy) is 1. The number of hydrogen-bond acceptors (Lipinski definition) is 5. The van der Waals surface area contributed by atoms with Crippen molar-refractivity contribution in [2.45, 2.75) is 20.4 Å². The molecule has 3 rings (SSSR count). The highest BCUT2D eigenvalue weighted by molar-refractivity contribution is 5.67. The van der Waals surface area contributed by atoms with E-state index in [0.717, 1.165) is 24.3 Å². The Bertz CT molecular complexity index is 794. The third kappa shape index (κ3) is 3.56. The Labute approximate surface area is 140 Å². The van der Waals surface area contributed by atoms with Crippen LogP contribution >= 0.6 is 0 Å². The quantitative estimate of drug-likeness (QED) is 0.848. The summed E-state index contributed by atoms with van der Waals surface area (Å²) < 4.78 is 6.57. The van der Waals surface area contributed by atoms with Gasteiger partial charge in [-0.25, -0.2) is 9.78 Å². The zero-order valence-corrected chi connectivity index (χ0v) is 14.1. The first kappa shape index (κ1) is 16.4. The zero-order valence-electron chi connectivity index (χ0n) is 14.1. The van der Waals surface area contributed by atoms with Crippen LogP contribution < -0.4 is 5.56 Å². The molecule has 0 saturated carbocycles. The summed E-state index contributed by atoms with van der Waals surface area (Å²) in [5, 5.41) is 0. The Morgan fingerprint density at radius 3 is 2.71 bits per heavy atom. The normalized spacial score (nSPS) is 15.7. The van der Waals surface area contributed by atoms with Gasteiger partial charge in [0.05, 0.1) is 12.3 Å². The van der Waals surface area contributed by atoms with Crippen LogP contribution in [0.5, 0.6) is 0 Å². The summed E-state index contributed by atoms with van der Waals surface area (Å²) in [5.74, 6) is 0. The number of aryl methyl sites for hydroxylation is 1. The van der Waals surface area contributed by atoms with Crippen LogP contribution in [0.1, 0.15) is 18.2 Å². The summed E-state index contributed by atoms with van der Waals surface area (Å²) in [6, 6.07) is 5.38. The molecule has 0 aromatic carbocycles. The smallest absolute Gasteiger partial charge is 0.409 e. The molecular weight excluding hydrogens is 308 g/mol. The van der Waals surface area contributed by atoms with Gasteiger partial charge >= 0.3 is 6.09 Å². The average molecular weight is 330 g/mol. The fraction of sp³-hybridized carbons (Fsp3) is 0.471. The van der Waals surface area contributed by atoms with Crippen LogP contribution in [0, 0.1) is 6.92 Å². The van der Waals surface area contributed by atoms with E-state index < -0.39 is 0 Å². The second-order valence-electron chi connectivity index (χ2n) is 5.98. The van der Waals surface area contributed by atoms with E-state index in [1.54, 1.807) is 28.5 Å². The van der Waals surface area contributed by atoms with Crippen LogP contribution in [0.4, 0.5) is 4.79 Å². The summed E-state index contributed by atoms with van der Waals surface area (Å²) >= 11 is 0. The molecule has 0 aliphatic carbocycles. The maximum atomic E-state index is 12.2. The molecule has 7 nitrogen and oxygen atoms in total. The minimum atomic E-state index is -0.255. The number of rotatable bonds is 3. The van der Waals surface area contributed by atoms with Crippen molar-refractivity contribution in [2.24, 2.45) is 0 Å². The van der Waals surface area contributed by atoms with E-state index in [2.05, 4.69) is 9.88 Å². The molecule has 128 valence electrons. The van der Waals surface area contributed by atoms with Gasteiger partial charge in [0.1, 0.15) is 5.65 Å². The maximum Gasteiger partial charge on any atom is 0.409 e. The van der Waals surface area contributed by atoms with Crippen molar-refractivity contribution >= 4 is 11.7 Å². The minimum Gasteiger partial charge on any atom is -0.450 e. The van der Waals surface area contributed by atoms with Crippen LogP contribution in [-0.4, -0.2) is 58.1 Å². The van der Waals surface area contributed by atoms with Crippen molar-refractivity contribution in [1.82, 2.24) is 19.2 Å². The lowest BCUT2D eigenvalue weighted by atomic mass is 10.2. The lowest BCUT2D eigenvalue weighted by Crippen LogP contribution is -2.48. The van der Waals surface area contributed by atoms with Gasteiger partial charge in [0, 0.05) is 45.0 Å². The van der Waals surface area contributed by atoms with E-state index in [0.29, 0.717) is 31.9 Å². The first-order valence-corrected chi connectivity index (χ1v) is 8.20. The number of amides is 1. The van der Waals surface area contributed by atoms with Crippen LogP contribution in [-0.2, 0) is 11.3 Å². The fourth-order valence-electron chi connectivity index (χ4n) is 2.87. The van der Waals surface area contributed by atoms with Gasteiger partial charge in [0.15, 0.2) is 0 Å². The topological polar surface area (TPSA) is 67.2 Å². The number of pyridine rings is 1. The van der Waals surface area contributed by atoms with Crippen molar-refractivity contribution in [1.29, 1.82) is 0 Å². The van der Waals surface area contributed by atoms with Crippen molar-refractivity contribution in [3.63, 3.8) is 0 Å². The summed E-state index contributed by atoms with van der Waals surface area (Å²) in [6.07, 6.45) is 1.50. The standard InChI is InChI=1S/C17H22N4O3/c1-3-24-17(23)20-8-6-19(7-9-20)12-14-11-16(22)21-5-4-13(2)10-15(21)18-14/h4-5,10-11H,3,6-9,12H2,1-2H3. The SMILES string of the molecule is CCOC(=O)N1CCN(Cc2cc(=O)n3ccc(C)cc3n2)CC1. The molecule has 0 atom stereocenters. The number of hydrogen-bond donors (Lipinski definition) is 0. The summed E-state index contributed by atoms with van der Waals surface area (Å²) in [7, 11) is 0. The van der Waals surface area contributed by atoms with Crippen LogP contribution in [0.25, 0.3) is 5.65 Å². The van der Waals surface area contributed by atoms with Crippen molar-refractivity contribution in [3.05, 3.63) is 46.0 Å². The number of nitrogens with zero attached hydrogens (tertiary/aromatic N) is 4. The Morgan fingerprint density at radius 1 is 1.25 bits per heavy atom. The predicted octanol–water partition coefficient (Wildman–Crippen LogP) is 1.28. The lowest BCUT2D eigenvalue weighted by Gasteiger charge is -2.33. The summed E-state index contributed by atoms with van der Waals surface area (Å²) in [5.41, 5.74) is 2.43. The highest BCUT2D eigenvalue weighted by Gasteiger charge is 2.22. The van der Waals surface area contributed by atoms with E-state index in [1.165, 1.54) is 0 Å². The molecule has 0 radical (unpaired) electrons. The first-order chi connectivity index (χ1) is 11.6. The molecule has 0 N–H and O–H groups in total. The van der Waals surface area contributed by atoms with Crippen LogP contribution in [0.2, 0.25) is 0 Å².